The zero-order valence-corrected chi connectivity index (χ0v) is 38.8. The second kappa shape index (κ2) is 45.5. The summed E-state index contributed by atoms with van der Waals surface area (Å²) >= 11 is 0. The van der Waals surface area contributed by atoms with E-state index < -0.39 is 6.10 Å². The van der Waals surface area contributed by atoms with Gasteiger partial charge in [-0.25, -0.2) is 0 Å². The first-order valence-electron chi connectivity index (χ1n) is 25.4. The van der Waals surface area contributed by atoms with Crippen LogP contribution in [0.5, 0.6) is 0 Å². The van der Waals surface area contributed by atoms with Crippen molar-refractivity contribution < 1.29 is 28.6 Å². The molecule has 1 atom stereocenters. The summed E-state index contributed by atoms with van der Waals surface area (Å²) < 4.78 is 16.8. The molecular weight excluding hydrogens is 709 g/mol. The molecule has 0 unspecified atom stereocenters. The summed E-state index contributed by atoms with van der Waals surface area (Å²) in [5.74, 6) is -0.0719. The molecule has 0 spiro atoms. The maximum absolute atomic E-state index is 12.7. The monoisotopic (exact) mass is 807 g/mol. The van der Waals surface area contributed by atoms with E-state index in [9.17, 15) is 14.4 Å². The van der Waals surface area contributed by atoms with Crippen molar-refractivity contribution in [3.8, 4) is 0 Å². The number of ether oxygens (including phenoxy) is 3. The minimum atomic E-state index is -0.760. The lowest BCUT2D eigenvalue weighted by Crippen LogP contribution is -2.30. The van der Waals surface area contributed by atoms with Crippen molar-refractivity contribution in [3.05, 3.63) is 0 Å². The van der Waals surface area contributed by atoms with E-state index in [0.717, 1.165) is 63.7 Å². The van der Waals surface area contributed by atoms with E-state index in [4.69, 9.17) is 14.2 Å². The summed E-state index contributed by atoms with van der Waals surface area (Å²) in [6, 6.07) is 0. The second-order valence-corrected chi connectivity index (χ2v) is 17.9. The molecular formula is C51H98O6. The van der Waals surface area contributed by atoms with Gasteiger partial charge in [0.2, 0.25) is 0 Å². The van der Waals surface area contributed by atoms with Crippen LogP contribution >= 0.6 is 0 Å². The highest BCUT2D eigenvalue weighted by molar-refractivity contribution is 5.71. The fourth-order valence-electron chi connectivity index (χ4n) is 7.69. The highest BCUT2D eigenvalue weighted by Crippen LogP contribution is 2.17. The Morgan fingerprint density at radius 1 is 0.333 bits per heavy atom. The Morgan fingerprint density at radius 3 is 0.860 bits per heavy atom. The normalized spacial score (nSPS) is 11.9. The third-order valence-corrected chi connectivity index (χ3v) is 11.5. The minimum absolute atomic E-state index is 0.0637. The average Bonchev–Trinajstić information content (AvgIpc) is 3.19. The molecule has 0 saturated carbocycles. The standard InChI is InChI=1S/C51H98O6/c1-5-7-9-11-13-15-17-19-20-21-22-23-25-27-31-35-39-43-50(53)56-46-48(57-51(54)44-40-36-32-28-29-33-37-41-47(3)4)45-55-49(52)42-38-34-30-26-24-18-16-14-12-10-8-6-2/h47-48H,5-46H2,1-4H3/t48-/m1/s1. The summed E-state index contributed by atoms with van der Waals surface area (Å²) in [5.41, 5.74) is 0. The first kappa shape index (κ1) is 55.4. The van der Waals surface area contributed by atoms with Crippen LogP contribution in [0, 0.1) is 5.92 Å². The van der Waals surface area contributed by atoms with Gasteiger partial charge < -0.3 is 14.2 Å². The SMILES string of the molecule is CCCCCCCCCCCCCCCCCCCC(=O)OC[C@@H](COC(=O)CCCCCCCCCCCCCC)OC(=O)CCCCCCCCCC(C)C. The lowest BCUT2D eigenvalue weighted by Gasteiger charge is -2.18. The van der Waals surface area contributed by atoms with Crippen molar-refractivity contribution in [1.29, 1.82) is 0 Å². The summed E-state index contributed by atoms with van der Waals surface area (Å²) in [4.78, 5) is 37.8. The fourth-order valence-corrected chi connectivity index (χ4v) is 7.69. The molecule has 0 heterocycles. The van der Waals surface area contributed by atoms with Crippen LogP contribution in [0.4, 0.5) is 0 Å². The van der Waals surface area contributed by atoms with Gasteiger partial charge in [0.25, 0.3) is 0 Å². The van der Waals surface area contributed by atoms with Crippen molar-refractivity contribution in [3.63, 3.8) is 0 Å². The summed E-state index contributed by atoms with van der Waals surface area (Å²) in [6.07, 6.45) is 46.7. The lowest BCUT2D eigenvalue weighted by atomic mass is 10.0. The van der Waals surface area contributed by atoms with Gasteiger partial charge in [0, 0.05) is 19.3 Å². The van der Waals surface area contributed by atoms with Crippen molar-refractivity contribution >= 4 is 17.9 Å². The van der Waals surface area contributed by atoms with Crippen LogP contribution in [0.25, 0.3) is 0 Å². The van der Waals surface area contributed by atoms with Crippen LogP contribution in [-0.4, -0.2) is 37.2 Å². The molecule has 6 heteroatoms. The Labute approximate surface area is 355 Å². The van der Waals surface area contributed by atoms with Crippen LogP contribution in [0.15, 0.2) is 0 Å². The van der Waals surface area contributed by atoms with E-state index in [1.54, 1.807) is 0 Å². The number of hydrogen-bond acceptors (Lipinski definition) is 6. The molecule has 0 aliphatic carbocycles. The second-order valence-electron chi connectivity index (χ2n) is 17.9. The number of carbonyl (C=O) groups excluding carboxylic acids is 3. The molecule has 0 fully saturated rings. The molecule has 0 radical (unpaired) electrons. The smallest absolute Gasteiger partial charge is 0.306 e. The van der Waals surface area contributed by atoms with Gasteiger partial charge in [0.05, 0.1) is 0 Å². The molecule has 0 aromatic heterocycles. The molecule has 0 amide bonds. The summed E-state index contributed by atoms with van der Waals surface area (Å²) in [7, 11) is 0. The molecule has 0 N–H and O–H groups in total. The quantitative estimate of drug-likeness (QED) is 0.0346. The highest BCUT2D eigenvalue weighted by atomic mass is 16.6. The van der Waals surface area contributed by atoms with E-state index in [1.807, 2.05) is 0 Å². The van der Waals surface area contributed by atoms with Crippen LogP contribution in [0.1, 0.15) is 285 Å². The van der Waals surface area contributed by atoms with Crippen LogP contribution in [0.2, 0.25) is 0 Å². The number of carbonyl (C=O) groups is 3. The molecule has 0 aliphatic rings. The summed E-state index contributed by atoms with van der Waals surface area (Å²) in [5, 5.41) is 0. The lowest BCUT2D eigenvalue weighted by molar-refractivity contribution is -0.167. The van der Waals surface area contributed by atoms with Gasteiger partial charge in [-0.05, 0) is 25.2 Å². The Bertz CT molecular complexity index is 857. The van der Waals surface area contributed by atoms with E-state index in [0.29, 0.717) is 19.3 Å². The molecule has 338 valence electrons. The van der Waals surface area contributed by atoms with Crippen molar-refractivity contribution in [1.82, 2.24) is 0 Å². The average molecular weight is 807 g/mol. The predicted molar refractivity (Wildman–Crippen MR) is 243 cm³/mol. The van der Waals surface area contributed by atoms with Crippen molar-refractivity contribution in [2.45, 2.75) is 291 Å². The van der Waals surface area contributed by atoms with Gasteiger partial charge in [0.15, 0.2) is 6.10 Å². The van der Waals surface area contributed by atoms with E-state index in [1.165, 1.54) is 180 Å². The summed E-state index contributed by atoms with van der Waals surface area (Å²) in [6.45, 7) is 8.97. The zero-order chi connectivity index (χ0) is 41.7. The Hall–Kier alpha value is -1.59. The maximum Gasteiger partial charge on any atom is 0.306 e. The third kappa shape index (κ3) is 45.3. The number of esters is 3. The highest BCUT2D eigenvalue weighted by Gasteiger charge is 2.19. The first-order chi connectivity index (χ1) is 27.9. The van der Waals surface area contributed by atoms with Gasteiger partial charge in [0.1, 0.15) is 13.2 Å². The van der Waals surface area contributed by atoms with Gasteiger partial charge >= 0.3 is 17.9 Å². The van der Waals surface area contributed by atoms with Crippen LogP contribution < -0.4 is 0 Å². The van der Waals surface area contributed by atoms with Crippen LogP contribution in [0.3, 0.4) is 0 Å². The fraction of sp³-hybridized carbons (Fsp3) is 0.941. The molecule has 0 aromatic carbocycles. The molecule has 0 rings (SSSR count). The number of rotatable bonds is 46. The number of unbranched alkanes of at least 4 members (excludes halogenated alkanes) is 33. The topological polar surface area (TPSA) is 78.9 Å². The predicted octanol–water partition coefficient (Wildman–Crippen LogP) is 16.3. The Kier molecular flexibility index (Phi) is 44.2. The molecule has 0 bridgehead atoms. The van der Waals surface area contributed by atoms with E-state index in [2.05, 4.69) is 27.7 Å². The third-order valence-electron chi connectivity index (χ3n) is 11.5. The largest absolute Gasteiger partial charge is 0.462 e. The molecule has 0 saturated heterocycles. The van der Waals surface area contributed by atoms with Crippen molar-refractivity contribution in [2.75, 3.05) is 13.2 Å². The van der Waals surface area contributed by atoms with Crippen molar-refractivity contribution in [2.24, 2.45) is 5.92 Å². The van der Waals surface area contributed by atoms with Gasteiger partial charge in [-0.15, -0.1) is 0 Å². The Balaban J connectivity index is 4.25. The molecule has 6 nitrogen and oxygen atoms in total. The maximum atomic E-state index is 12.7. The molecule has 0 aliphatic heterocycles. The van der Waals surface area contributed by atoms with Gasteiger partial charge in [-0.1, -0.05) is 246 Å². The zero-order valence-electron chi connectivity index (χ0n) is 38.8. The number of hydrogen-bond donors (Lipinski definition) is 0. The Morgan fingerprint density at radius 2 is 0.579 bits per heavy atom. The van der Waals surface area contributed by atoms with Gasteiger partial charge in [-0.2, -0.15) is 0 Å². The van der Waals surface area contributed by atoms with Gasteiger partial charge in [-0.3, -0.25) is 14.4 Å². The first-order valence-corrected chi connectivity index (χ1v) is 25.4. The van der Waals surface area contributed by atoms with E-state index in [-0.39, 0.29) is 31.1 Å². The van der Waals surface area contributed by atoms with Crippen LogP contribution in [-0.2, 0) is 28.6 Å². The van der Waals surface area contributed by atoms with E-state index >= 15 is 0 Å². The molecule has 0 aromatic rings. The molecule has 57 heavy (non-hydrogen) atoms. The minimum Gasteiger partial charge on any atom is -0.462 e.